The molecule has 0 saturated heterocycles. The van der Waals surface area contributed by atoms with Crippen molar-refractivity contribution in [2.45, 2.75) is 347 Å². The van der Waals surface area contributed by atoms with Gasteiger partial charge in [-0.2, -0.15) is 0 Å². The van der Waals surface area contributed by atoms with E-state index in [4.69, 9.17) is 4.74 Å². The van der Waals surface area contributed by atoms with Gasteiger partial charge in [0.1, 0.15) is 0 Å². The molecule has 0 aliphatic rings. The molecular formula is C66H123NO5. The lowest BCUT2D eigenvalue weighted by molar-refractivity contribution is -0.143. The number of esters is 1. The van der Waals surface area contributed by atoms with Gasteiger partial charge in [-0.05, 0) is 89.9 Å². The van der Waals surface area contributed by atoms with E-state index in [0.29, 0.717) is 19.4 Å². The largest absolute Gasteiger partial charge is 0.466 e. The number of hydrogen-bond donors (Lipinski definition) is 3. The third kappa shape index (κ3) is 57.1. The first kappa shape index (κ1) is 69.8. The topological polar surface area (TPSA) is 95.9 Å². The summed E-state index contributed by atoms with van der Waals surface area (Å²) < 4.78 is 5.46. The number of amides is 1. The van der Waals surface area contributed by atoms with Crippen LogP contribution in [0.1, 0.15) is 335 Å². The predicted molar refractivity (Wildman–Crippen MR) is 315 cm³/mol. The van der Waals surface area contributed by atoms with Gasteiger partial charge in [-0.3, -0.25) is 9.59 Å². The van der Waals surface area contributed by atoms with Gasteiger partial charge in [-0.15, -0.1) is 0 Å². The van der Waals surface area contributed by atoms with Crippen LogP contribution in [-0.2, 0) is 14.3 Å². The zero-order valence-electron chi connectivity index (χ0n) is 48.2. The summed E-state index contributed by atoms with van der Waals surface area (Å²) in [6.07, 6.45) is 78.7. The lowest BCUT2D eigenvalue weighted by atomic mass is 10.0. The minimum absolute atomic E-state index is 0.000173. The SMILES string of the molecule is CCCCC/C=C\CCCCCCCC(=O)OCCCCCCCCCCC/C=C\C/C=C\CCCCCCCCCCCCCC(=O)NC(CO)C(O)/C=C/CCCCCCCCCCCCCCCC. The van der Waals surface area contributed by atoms with Crippen molar-refractivity contribution >= 4 is 11.9 Å². The lowest BCUT2D eigenvalue weighted by Crippen LogP contribution is -2.45. The summed E-state index contributed by atoms with van der Waals surface area (Å²) >= 11 is 0. The molecule has 0 fully saturated rings. The Balaban J connectivity index is 3.45. The fourth-order valence-electron chi connectivity index (χ4n) is 9.66. The first-order valence-electron chi connectivity index (χ1n) is 31.9. The third-order valence-corrected chi connectivity index (χ3v) is 14.6. The molecule has 0 radical (unpaired) electrons. The van der Waals surface area contributed by atoms with Crippen LogP contribution in [0, 0.1) is 0 Å². The number of ether oxygens (including phenoxy) is 1. The van der Waals surface area contributed by atoms with Gasteiger partial charge in [0, 0.05) is 12.8 Å². The Morgan fingerprint density at radius 3 is 1.10 bits per heavy atom. The van der Waals surface area contributed by atoms with Gasteiger partial charge in [-0.1, -0.05) is 281 Å². The second-order valence-electron chi connectivity index (χ2n) is 21.7. The molecule has 0 rings (SSSR count). The molecule has 2 atom stereocenters. The first-order valence-corrected chi connectivity index (χ1v) is 31.9. The first-order chi connectivity index (χ1) is 35.5. The van der Waals surface area contributed by atoms with Crippen LogP contribution in [0.2, 0.25) is 0 Å². The molecule has 0 heterocycles. The summed E-state index contributed by atoms with van der Waals surface area (Å²) in [5.74, 6) is -0.0702. The number of aliphatic hydroxyl groups is 2. The molecule has 0 aromatic heterocycles. The van der Waals surface area contributed by atoms with Gasteiger partial charge in [0.15, 0.2) is 0 Å². The Kier molecular flexibility index (Phi) is 59.5. The smallest absolute Gasteiger partial charge is 0.305 e. The number of hydrogen-bond acceptors (Lipinski definition) is 5. The van der Waals surface area contributed by atoms with Crippen LogP contribution in [-0.4, -0.2) is 47.4 Å². The highest BCUT2D eigenvalue weighted by Gasteiger charge is 2.18. The molecule has 1 amide bonds. The van der Waals surface area contributed by atoms with E-state index in [1.54, 1.807) is 6.08 Å². The van der Waals surface area contributed by atoms with Crippen molar-refractivity contribution in [1.82, 2.24) is 5.32 Å². The van der Waals surface area contributed by atoms with Crippen LogP contribution < -0.4 is 5.32 Å². The molecule has 0 aromatic carbocycles. The van der Waals surface area contributed by atoms with Gasteiger partial charge in [0.25, 0.3) is 0 Å². The number of unbranched alkanes of at least 4 members (excludes halogenated alkanes) is 42. The van der Waals surface area contributed by atoms with E-state index in [1.807, 2.05) is 6.08 Å². The van der Waals surface area contributed by atoms with E-state index in [-0.39, 0.29) is 18.5 Å². The molecule has 0 bridgehead atoms. The van der Waals surface area contributed by atoms with E-state index in [0.717, 1.165) is 51.4 Å². The zero-order chi connectivity index (χ0) is 52.2. The highest BCUT2D eigenvalue weighted by atomic mass is 16.5. The highest BCUT2D eigenvalue weighted by molar-refractivity contribution is 5.76. The molecule has 6 heteroatoms. The molecule has 6 nitrogen and oxygen atoms in total. The second kappa shape index (κ2) is 61.4. The van der Waals surface area contributed by atoms with Crippen LogP contribution in [0.5, 0.6) is 0 Å². The van der Waals surface area contributed by atoms with Crippen molar-refractivity contribution < 1.29 is 24.5 Å². The lowest BCUT2D eigenvalue weighted by Gasteiger charge is -2.20. The van der Waals surface area contributed by atoms with E-state index < -0.39 is 12.1 Å². The average Bonchev–Trinajstić information content (AvgIpc) is 3.38. The molecule has 422 valence electrons. The number of carbonyl (C=O) groups excluding carboxylic acids is 2. The monoisotopic (exact) mass is 1010 g/mol. The molecular weight excluding hydrogens is 887 g/mol. The van der Waals surface area contributed by atoms with Crippen LogP contribution in [0.25, 0.3) is 0 Å². The molecule has 0 spiro atoms. The number of allylic oxidation sites excluding steroid dienone is 7. The second-order valence-corrected chi connectivity index (χ2v) is 21.7. The summed E-state index contributed by atoms with van der Waals surface area (Å²) in [6, 6.07) is -0.631. The molecule has 2 unspecified atom stereocenters. The Labute approximate surface area is 448 Å². The van der Waals surface area contributed by atoms with E-state index in [2.05, 4.69) is 55.6 Å². The number of aliphatic hydroxyl groups excluding tert-OH is 2. The van der Waals surface area contributed by atoms with Crippen molar-refractivity contribution in [3.63, 3.8) is 0 Å². The van der Waals surface area contributed by atoms with Crippen LogP contribution in [0.15, 0.2) is 48.6 Å². The van der Waals surface area contributed by atoms with Crippen molar-refractivity contribution in [3.05, 3.63) is 48.6 Å². The van der Waals surface area contributed by atoms with Crippen molar-refractivity contribution in [2.24, 2.45) is 0 Å². The minimum Gasteiger partial charge on any atom is -0.466 e. The number of carbonyl (C=O) groups is 2. The van der Waals surface area contributed by atoms with Crippen molar-refractivity contribution in [2.75, 3.05) is 13.2 Å². The minimum atomic E-state index is -0.847. The zero-order valence-corrected chi connectivity index (χ0v) is 48.2. The maximum absolute atomic E-state index is 12.5. The fourth-order valence-corrected chi connectivity index (χ4v) is 9.66. The van der Waals surface area contributed by atoms with Gasteiger partial charge in [-0.25, -0.2) is 0 Å². The molecule has 3 N–H and O–H groups in total. The molecule has 0 aliphatic heterocycles. The Hall–Kier alpha value is -2.18. The summed E-state index contributed by atoms with van der Waals surface area (Å²) in [6.45, 7) is 4.88. The number of nitrogens with one attached hydrogen (secondary N) is 1. The van der Waals surface area contributed by atoms with Gasteiger partial charge in [0.05, 0.1) is 25.4 Å². The summed E-state index contributed by atoms with van der Waals surface area (Å²) in [7, 11) is 0. The summed E-state index contributed by atoms with van der Waals surface area (Å²) in [4.78, 5) is 24.5. The van der Waals surface area contributed by atoms with Crippen LogP contribution in [0.3, 0.4) is 0 Å². The molecule has 0 aliphatic carbocycles. The average molecular weight is 1010 g/mol. The van der Waals surface area contributed by atoms with Crippen molar-refractivity contribution in [1.29, 1.82) is 0 Å². The summed E-state index contributed by atoms with van der Waals surface area (Å²) in [5, 5.41) is 23.1. The van der Waals surface area contributed by atoms with E-state index in [9.17, 15) is 19.8 Å². The molecule has 0 saturated carbocycles. The van der Waals surface area contributed by atoms with Gasteiger partial charge in [0.2, 0.25) is 5.91 Å². The molecule has 72 heavy (non-hydrogen) atoms. The normalized spacial score (nSPS) is 12.9. The third-order valence-electron chi connectivity index (χ3n) is 14.6. The highest BCUT2D eigenvalue weighted by Crippen LogP contribution is 2.17. The fraction of sp³-hybridized carbons (Fsp3) is 0.848. The maximum atomic E-state index is 12.5. The quantitative estimate of drug-likeness (QED) is 0.0320. The standard InChI is InChI=1S/C66H123NO5/c1-3-5-7-9-11-13-15-17-18-32-35-38-42-46-50-54-58-64(69)63(62-68)67-65(70)59-55-51-47-43-39-36-33-30-28-26-24-22-20-19-21-23-25-27-29-31-34-37-41-45-49-53-57-61-72-66(71)60-56-52-48-44-40-16-14-12-10-8-6-4-2/h12,14,19-20,23,25,54,58,63-64,68-69H,3-11,13,15-18,21-22,24,26-53,55-57,59-62H2,1-2H3,(H,67,70)/b14-12-,20-19-,25-23-,58-54+. The number of rotatable bonds is 59. The van der Waals surface area contributed by atoms with Gasteiger partial charge >= 0.3 is 5.97 Å². The maximum Gasteiger partial charge on any atom is 0.305 e. The van der Waals surface area contributed by atoms with E-state index >= 15 is 0 Å². The van der Waals surface area contributed by atoms with Crippen LogP contribution >= 0.6 is 0 Å². The van der Waals surface area contributed by atoms with E-state index in [1.165, 1.54) is 257 Å². The van der Waals surface area contributed by atoms with Gasteiger partial charge < -0.3 is 20.3 Å². The Morgan fingerprint density at radius 1 is 0.389 bits per heavy atom. The Morgan fingerprint density at radius 2 is 0.694 bits per heavy atom. The molecule has 0 aromatic rings. The predicted octanol–water partition coefficient (Wildman–Crippen LogP) is 20.1. The summed E-state index contributed by atoms with van der Waals surface area (Å²) in [5.41, 5.74) is 0. The van der Waals surface area contributed by atoms with Crippen molar-refractivity contribution in [3.8, 4) is 0 Å². The van der Waals surface area contributed by atoms with Crippen LogP contribution in [0.4, 0.5) is 0 Å². The Bertz CT molecular complexity index is 1210.